The first-order valence-electron chi connectivity index (χ1n) is 7.39. The van der Waals surface area contributed by atoms with E-state index in [2.05, 4.69) is 43.4 Å². The number of hydrogen-bond donors (Lipinski definition) is 1. The largest absolute Gasteiger partial charge is 0.334 e. The molecule has 3 rings (SSSR count). The van der Waals surface area contributed by atoms with Gasteiger partial charge in [0, 0.05) is 16.9 Å². The van der Waals surface area contributed by atoms with Crippen LogP contribution in [-0.4, -0.2) is 33.0 Å². The molecule has 0 radical (unpaired) electrons. The molecule has 0 bridgehead atoms. The first-order chi connectivity index (χ1) is 11.1. The lowest BCUT2D eigenvalue weighted by molar-refractivity contribution is 0.418. The minimum atomic E-state index is 0. The molecule has 1 atom stereocenters. The molecule has 0 aliphatic rings. The molecule has 2 heterocycles. The predicted molar refractivity (Wildman–Crippen MR) is 98.8 cm³/mol. The molecule has 24 heavy (non-hydrogen) atoms. The van der Waals surface area contributed by atoms with E-state index in [4.69, 9.17) is 4.52 Å². The van der Waals surface area contributed by atoms with Gasteiger partial charge in [-0.3, -0.25) is 0 Å². The topological polar surface area (TPSA) is 68.8 Å². The van der Waals surface area contributed by atoms with E-state index in [1.165, 1.54) is 0 Å². The summed E-state index contributed by atoms with van der Waals surface area (Å²) in [4.78, 5) is 4.47. The van der Waals surface area contributed by atoms with Gasteiger partial charge in [-0.2, -0.15) is 10.1 Å². The number of benzene rings is 1. The van der Waals surface area contributed by atoms with Crippen LogP contribution in [0, 0.1) is 6.92 Å². The van der Waals surface area contributed by atoms with Crippen molar-refractivity contribution in [2.75, 3.05) is 7.05 Å². The van der Waals surface area contributed by atoms with E-state index in [0.29, 0.717) is 17.8 Å². The van der Waals surface area contributed by atoms with Crippen LogP contribution in [0.3, 0.4) is 0 Å². The molecule has 0 fully saturated rings. The lowest BCUT2D eigenvalue weighted by Gasteiger charge is -2.05. The normalized spacial score (nSPS) is 12.0. The highest BCUT2D eigenvalue weighted by Gasteiger charge is 2.17. The molecule has 1 unspecified atom stereocenters. The average molecular weight is 413 g/mol. The molecular weight excluding hydrogens is 394 g/mol. The fourth-order valence-electron chi connectivity index (χ4n) is 2.31. The van der Waals surface area contributed by atoms with Crippen LogP contribution in [0.15, 0.2) is 39.5 Å². The van der Waals surface area contributed by atoms with Crippen molar-refractivity contribution in [3.8, 4) is 17.1 Å². The second-order valence-electron chi connectivity index (χ2n) is 5.44. The number of aromatic nitrogens is 4. The Labute approximate surface area is 155 Å². The second kappa shape index (κ2) is 7.92. The van der Waals surface area contributed by atoms with Crippen LogP contribution in [0.4, 0.5) is 0 Å². The SMILES string of the molecule is CNC(C)Cc1noc(-c2cnn(-c3cccc(Br)c3)c2C)n1.Cl. The predicted octanol–water partition coefficient (Wildman–Crippen LogP) is 3.57. The van der Waals surface area contributed by atoms with Crippen molar-refractivity contribution < 1.29 is 4.52 Å². The highest BCUT2D eigenvalue weighted by molar-refractivity contribution is 9.10. The molecule has 2 aromatic heterocycles. The van der Waals surface area contributed by atoms with Crippen LogP contribution >= 0.6 is 28.3 Å². The van der Waals surface area contributed by atoms with Crippen molar-refractivity contribution in [3.05, 3.63) is 46.5 Å². The molecule has 0 spiro atoms. The quantitative estimate of drug-likeness (QED) is 0.694. The number of rotatable bonds is 5. The summed E-state index contributed by atoms with van der Waals surface area (Å²) in [7, 11) is 1.91. The Kier molecular flexibility index (Phi) is 6.15. The summed E-state index contributed by atoms with van der Waals surface area (Å²) in [6.07, 6.45) is 2.48. The number of halogens is 2. The minimum Gasteiger partial charge on any atom is -0.334 e. The van der Waals surface area contributed by atoms with Crippen molar-refractivity contribution >= 4 is 28.3 Å². The Hall–Kier alpha value is -1.70. The monoisotopic (exact) mass is 411 g/mol. The van der Waals surface area contributed by atoms with Crippen molar-refractivity contribution in [2.45, 2.75) is 26.3 Å². The molecule has 8 heteroatoms. The fraction of sp³-hybridized carbons (Fsp3) is 0.312. The van der Waals surface area contributed by atoms with Gasteiger partial charge in [0.25, 0.3) is 5.89 Å². The van der Waals surface area contributed by atoms with Gasteiger partial charge in [0.05, 0.1) is 23.1 Å². The van der Waals surface area contributed by atoms with Gasteiger partial charge in [0.2, 0.25) is 0 Å². The maximum Gasteiger partial charge on any atom is 0.261 e. The smallest absolute Gasteiger partial charge is 0.261 e. The third-order valence-electron chi connectivity index (χ3n) is 3.74. The number of nitrogens with zero attached hydrogens (tertiary/aromatic N) is 4. The summed E-state index contributed by atoms with van der Waals surface area (Å²) < 4.78 is 8.27. The van der Waals surface area contributed by atoms with Crippen molar-refractivity contribution in [3.63, 3.8) is 0 Å². The molecule has 128 valence electrons. The Morgan fingerprint density at radius 3 is 2.88 bits per heavy atom. The third kappa shape index (κ3) is 3.85. The van der Waals surface area contributed by atoms with Crippen molar-refractivity contribution in [1.29, 1.82) is 0 Å². The van der Waals surface area contributed by atoms with Crippen molar-refractivity contribution in [1.82, 2.24) is 25.2 Å². The highest BCUT2D eigenvalue weighted by Crippen LogP contribution is 2.24. The van der Waals surface area contributed by atoms with E-state index in [-0.39, 0.29) is 12.4 Å². The Bertz CT molecular complexity index is 816. The summed E-state index contributed by atoms with van der Waals surface area (Å²) in [6, 6.07) is 8.27. The van der Waals surface area contributed by atoms with Crippen LogP contribution in [0.5, 0.6) is 0 Å². The first kappa shape index (κ1) is 18.6. The lowest BCUT2D eigenvalue weighted by atomic mass is 10.2. The molecule has 0 saturated carbocycles. The van der Waals surface area contributed by atoms with Gasteiger partial charge in [0.15, 0.2) is 5.82 Å². The van der Waals surface area contributed by atoms with Gasteiger partial charge in [-0.15, -0.1) is 12.4 Å². The Morgan fingerprint density at radius 2 is 2.17 bits per heavy atom. The molecule has 1 aromatic carbocycles. The summed E-state index contributed by atoms with van der Waals surface area (Å²) in [5.74, 6) is 1.19. The zero-order valence-corrected chi connectivity index (χ0v) is 16.1. The van der Waals surface area contributed by atoms with E-state index >= 15 is 0 Å². The molecule has 1 N–H and O–H groups in total. The van der Waals surface area contributed by atoms with Gasteiger partial charge < -0.3 is 9.84 Å². The average Bonchev–Trinajstić information content (AvgIpc) is 3.13. The van der Waals surface area contributed by atoms with Crippen LogP contribution in [0.1, 0.15) is 18.4 Å². The van der Waals surface area contributed by atoms with E-state index in [1.807, 2.05) is 42.9 Å². The van der Waals surface area contributed by atoms with Crippen LogP contribution < -0.4 is 5.32 Å². The molecule has 0 saturated heterocycles. The van der Waals surface area contributed by atoms with Gasteiger partial charge in [-0.05, 0) is 39.1 Å². The summed E-state index contributed by atoms with van der Waals surface area (Å²) in [6.45, 7) is 4.07. The maximum atomic E-state index is 5.40. The zero-order chi connectivity index (χ0) is 16.4. The molecule has 6 nitrogen and oxygen atoms in total. The summed E-state index contributed by atoms with van der Waals surface area (Å²) >= 11 is 3.48. The molecule has 0 aliphatic carbocycles. The molecule has 3 aromatic rings. The number of likely N-dealkylation sites (N-methyl/N-ethyl adjacent to an activating group) is 1. The van der Waals surface area contributed by atoms with Crippen LogP contribution in [0.25, 0.3) is 17.1 Å². The molecule has 0 aliphatic heterocycles. The van der Waals surface area contributed by atoms with Gasteiger partial charge in [-0.25, -0.2) is 4.68 Å². The zero-order valence-electron chi connectivity index (χ0n) is 13.7. The third-order valence-corrected chi connectivity index (χ3v) is 4.24. The molecular formula is C16H19BrClN5O. The number of hydrogen-bond acceptors (Lipinski definition) is 5. The van der Waals surface area contributed by atoms with E-state index in [0.717, 1.165) is 27.8 Å². The van der Waals surface area contributed by atoms with Gasteiger partial charge >= 0.3 is 0 Å². The maximum absolute atomic E-state index is 5.40. The van der Waals surface area contributed by atoms with E-state index < -0.39 is 0 Å². The highest BCUT2D eigenvalue weighted by atomic mass is 79.9. The van der Waals surface area contributed by atoms with Crippen LogP contribution in [-0.2, 0) is 6.42 Å². The number of nitrogens with one attached hydrogen (secondary N) is 1. The van der Waals surface area contributed by atoms with E-state index in [9.17, 15) is 0 Å². The van der Waals surface area contributed by atoms with E-state index in [1.54, 1.807) is 6.20 Å². The minimum absolute atomic E-state index is 0. The Morgan fingerprint density at radius 1 is 1.38 bits per heavy atom. The van der Waals surface area contributed by atoms with Crippen molar-refractivity contribution in [2.24, 2.45) is 0 Å². The summed E-state index contributed by atoms with van der Waals surface area (Å²) in [5.41, 5.74) is 2.78. The fourth-order valence-corrected chi connectivity index (χ4v) is 2.70. The van der Waals surface area contributed by atoms with Crippen LogP contribution in [0.2, 0.25) is 0 Å². The Balaban J connectivity index is 0.00000208. The first-order valence-corrected chi connectivity index (χ1v) is 8.18. The standard InChI is InChI=1S/C16H18BrN5O.ClH/c1-10(18-3)7-15-20-16(23-21-15)14-9-19-22(11(14)2)13-6-4-5-12(17)8-13;/h4-6,8-10,18H,7H2,1-3H3;1H. The van der Waals surface area contributed by atoms with Gasteiger partial charge in [0.1, 0.15) is 0 Å². The second-order valence-corrected chi connectivity index (χ2v) is 6.36. The summed E-state index contributed by atoms with van der Waals surface area (Å²) in [5, 5.41) is 11.7. The lowest BCUT2D eigenvalue weighted by Crippen LogP contribution is -2.24. The van der Waals surface area contributed by atoms with Gasteiger partial charge in [-0.1, -0.05) is 27.2 Å². The molecule has 0 amide bonds.